The minimum atomic E-state index is 0.141. The number of carbonyl (C=O) groups is 1. The van der Waals surface area contributed by atoms with E-state index < -0.39 is 0 Å². The number of nitrogens with zero attached hydrogens (tertiary/aromatic N) is 1. The van der Waals surface area contributed by atoms with Gasteiger partial charge in [-0.15, -0.1) is 0 Å². The standard InChI is InChI=1S/C19H22N2O/c22-19(17-10-5-2-6-11-17)21-13-7-12-20-18(15-21)14-16-8-3-1-4-9-16/h1-6,8-11,18,20H,7,12-15H2. The molecule has 1 atom stereocenters. The lowest BCUT2D eigenvalue weighted by Gasteiger charge is -2.25. The Bertz CT molecular complexity index is 597. The maximum Gasteiger partial charge on any atom is 0.253 e. The van der Waals surface area contributed by atoms with Gasteiger partial charge in [0.25, 0.3) is 5.91 Å². The largest absolute Gasteiger partial charge is 0.337 e. The summed E-state index contributed by atoms with van der Waals surface area (Å²) in [6.45, 7) is 2.56. The quantitative estimate of drug-likeness (QED) is 0.944. The van der Waals surface area contributed by atoms with Crippen molar-refractivity contribution in [3.05, 3.63) is 71.8 Å². The lowest BCUT2D eigenvalue weighted by molar-refractivity contribution is 0.0753. The van der Waals surface area contributed by atoms with Crippen LogP contribution >= 0.6 is 0 Å². The smallest absolute Gasteiger partial charge is 0.253 e. The Labute approximate surface area is 132 Å². The molecule has 22 heavy (non-hydrogen) atoms. The highest BCUT2D eigenvalue weighted by Gasteiger charge is 2.22. The average Bonchev–Trinajstić information content (AvgIpc) is 2.81. The first-order valence-electron chi connectivity index (χ1n) is 7.94. The third-order valence-corrected chi connectivity index (χ3v) is 4.11. The van der Waals surface area contributed by atoms with Crippen molar-refractivity contribution in [3.63, 3.8) is 0 Å². The summed E-state index contributed by atoms with van der Waals surface area (Å²) in [5, 5.41) is 3.57. The molecule has 2 aromatic rings. The Balaban J connectivity index is 1.69. The summed E-state index contributed by atoms with van der Waals surface area (Å²) in [7, 11) is 0. The van der Waals surface area contributed by atoms with Gasteiger partial charge in [-0.25, -0.2) is 0 Å². The molecule has 3 heteroatoms. The van der Waals surface area contributed by atoms with E-state index in [1.165, 1.54) is 5.56 Å². The van der Waals surface area contributed by atoms with Crippen molar-refractivity contribution >= 4 is 5.91 Å². The molecule has 1 aliphatic heterocycles. The number of benzene rings is 2. The first-order valence-corrected chi connectivity index (χ1v) is 7.94. The van der Waals surface area contributed by atoms with Crippen molar-refractivity contribution in [2.24, 2.45) is 0 Å². The van der Waals surface area contributed by atoms with Gasteiger partial charge in [0.1, 0.15) is 0 Å². The monoisotopic (exact) mass is 294 g/mol. The zero-order valence-electron chi connectivity index (χ0n) is 12.7. The third kappa shape index (κ3) is 3.74. The molecule has 0 radical (unpaired) electrons. The summed E-state index contributed by atoms with van der Waals surface area (Å²) in [5.41, 5.74) is 2.09. The Hall–Kier alpha value is -2.13. The minimum Gasteiger partial charge on any atom is -0.337 e. The van der Waals surface area contributed by atoms with E-state index in [-0.39, 0.29) is 5.91 Å². The maximum atomic E-state index is 12.6. The summed E-state index contributed by atoms with van der Waals surface area (Å²) in [6, 6.07) is 20.4. The van der Waals surface area contributed by atoms with Crippen molar-refractivity contribution in [2.45, 2.75) is 18.9 Å². The summed E-state index contributed by atoms with van der Waals surface area (Å²) < 4.78 is 0. The number of amides is 1. The second-order valence-corrected chi connectivity index (χ2v) is 5.81. The predicted octanol–water partition coefficient (Wildman–Crippen LogP) is 2.73. The second-order valence-electron chi connectivity index (χ2n) is 5.81. The second kappa shape index (κ2) is 7.23. The first-order chi connectivity index (χ1) is 10.8. The molecular formula is C19H22N2O. The first kappa shape index (κ1) is 14.8. The number of hydrogen-bond donors (Lipinski definition) is 1. The van der Waals surface area contributed by atoms with Gasteiger partial charge in [0.05, 0.1) is 0 Å². The maximum absolute atomic E-state index is 12.6. The van der Waals surface area contributed by atoms with Crippen LogP contribution in [0, 0.1) is 0 Å². The van der Waals surface area contributed by atoms with Crippen LogP contribution in [0.5, 0.6) is 0 Å². The van der Waals surface area contributed by atoms with E-state index in [9.17, 15) is 4.79 Å². The SMILES string of the molecule is O=C(c1ccccc1)N1CCCNC(Cc2ccccc2)C1. The molecule has 2 aromatic carbocycles. The normalized spacial score (nSPS) is 18.7. The van der Waals surface area contributed by atoms with Gasteiger partial charge in [-0.1, -0.05) is 48.5 Å². The summed E-state index contributed by atoms with van der Waals surface area (Å²) in [5.74, 6) is 0.141. The fraction of sp³-hybridized carbons (Fsp3) is 0.316. The predicted molar refractivity (Wildman–Crippen MR) is 88.9 cm³/mol. The molecule has 1 unspecified atom stereocenters. The van der Waals surface area contributed by atoms with Crippen molar-refractivity contribution in [1.29, 1.82) is 0 Å². The molecular weight excluding hydrogens is 272 g/mol. The molecule has 114 valence electrons. The third-order valence-electron chi connectivity index (χ3n) is 4.11. The fourth-order valence-corrected chi connectivity index (χ4v) is 2.98. The van der Waals surface area contributed by atoms with Crippen LogP contribution in [0.4, 0.5) is 0 Å². The highest BCUT2D eigenvalue weighted by molar-refractivity contribution is 5.94. The van der Waals surface area contributed by atoms with Crippen LogP contribution < -0.4 is 5.32 Å². The van der Waals surface area contributed by atoms with Crippen LogP contribution in [0.2, 0.25) is 0 Å². The highest BCUT2D eigenvalue weighted by Crippen LogP contribution is 2.11. The molecule has 1 heterocycles. The summed E-state index contributed by atoms with van der Waals surface area (Å²) in [4.78, 5) is 14.6. The van der Waals surface area contributed by atoms with Gasteiger partial charge >= 0.3 is 0 Å². The van der Waals surface area contributed by atoms with Crippen LogP contribution in [-0.4, -0.2) is 36.5 Å². The van der Waals surface area contributed by atoms with Gasteiger partial charge in [-0.3, -0.25) is 4.79 Å². The Morgan fingerprint density at radius 3 is 2.45 bits per heavy atom. The zero-order chi connectivity index (χ0) is 15.2. The van der Waals surface area contributed by atoms with E-state index >= 15 is 0 Å². The molecule has 1 N–H and O–H groups in total. The van der Waals surface area contributed by atoms with E-state index in [2.05, 4.69) is 29.6 Å². The molecule has 1 fully saturated rings. The Morgan fingerprint density at radius 1 is 1.05 bits per heavy atom. The molecule has 3 nitrogen and oxygen atoms in total. The number of rotatable bonds is 3. The van der Waals surface area contributed by atoms with Gasteiger partial charge in [-0.2, -0.15) is 0 Å². The van der Waals surface area contributed by atoms with Gasteiger partial charge in [0, 0.05) is 24.7 Å². The van der Waals surface area contributed by atoms with Crippen LogP contribution in [0.1, 0.15) is 22.3 Å². The summed E-state index contributed by atoms with van der Waals surface area (Å²) >= 11 is 0. The van der Waals surface area contributed by atoms with E-state index in [4.69, 9.17) is 0 Å². The molecule has 1 aliphatic rings. The summed E-state index contributed by atoms with van der Waals surface area (Å²) in [6.07, 6.45) is 1.96. The van der Waals surface area contributed by atoms with E-state index in [1.807, 2.05) is 41.3 Å². The van der Waals surface area contributed by atoms with Crippen molar-refractivity contribution in [3.8, 4) is 0 Å². The Kier molecular flexibility index (Phi) is 4.86. The molecule has 0 saturated carbocycles. The molecule has 0 aliphatic carbocycles. The van der Waals surface area contributed by atoms with Crippen LogP contribution in [0.15, 0.2) is 60.7 Å². The van der Waals surface area contributed by atoms with Crippen molar-refractivity contribution < 1.29 is 4.79 Å². The van der Waals surface area contributed by atoms with Crippen LogP contribution in [0.3, 0.4) is 0 Å². The average molecular weight is 294 g/mol. The molecule has 0 spiro atoms. The molecule has 3 rings (SSSR count). The van der Waals surface area contributed by atoms with E-state index in [1.54, 1.807) is 0 Å². The van der Waals surface area contributed by atoms with Crippen LogP contribution in [-0.2, 0) is 6.42 Å². The van der Waals surface area contributed by atoms with Gasteiger partial charge in [-0.05, 0) is 37.1 Å². The molecule has 0 aromatic heterocycles. The highest BCUT2D eigenvalue weighted by atomic mass is 16.2. The topological polar surface area (TPSA) is 32.3 Å². The number of hydrogen-bond acceptors (Lipinski definition) is 2. The number of nitrogens with one attached hydrogen (secondary N) is 1. The van der Waals surface area contributed by atoms with Gasteiger partial charge in [0.15, 0.2) is 0 Å². The lowest BCUT2D eigenvalue weighted by atomic mass is 10.1. The van der Waals surface area contributed by atoms with Gasteiger partial charge < -0.3 is 10.2 Å². The van der Waals surface area contributed by atoms with Crippen molar-refractivity contribution in [1.82, 2.24) is 10.2 Å². The molecule has 1 amide bonds. The molecule has 1 saturated heterocycles. The lowest BCUT2D eigenvalue weighted by Crippen LogP contribution is -2.41. The van der Waals surface area contributed by atoms with Crippen LogP contribution in [0.25, 0.3) is 0 Å². The minimum absolute atomic E-state index is 0.141. The van der Waals surface area contributed by atoms with Crippen molar-refractivity contribution in [2.75, 3.05) is 19.6 Å². The van der Waals surface area contributed by atoms with E-state index in [0.29, 0.717) is 6.04 Å². The van der Waals surface area contributed by atoms with E-state index in [0.717, 1.165) is 38.0 Å². The zero-order valence-corrected chi connectivity index (χ0v) is 12.7. The fourth-order valence-electron chi connectivity index (χ4n) is 2.98. The Morgan fingerprint density at radius 2 is 1.73 bits per heavy atom. The van der Waals surface area contributed by atoms with Gasteiger partial charge in [0.2, 0.25) is 0 Å². The molecule has 0 bridgehead atoms. The number of carbonyl (C=O) groups excluding carboxylic acids is 1.